The van der Waals surface area contributed by atoms with Gasteiger partial charge in [-0.2, -0.15) is 0 Å². The Hall–Kier alpha value is -1.14. The molecule has 1 aliphatic heterocycles. The fourth-order valence-electron chi connectivity index (χ4n) is 2.73. The van der Waals surface area contributed by atoms with Crippen LogP contribution >= 0.6 is 12.4 Å². The van der Waals surface area contributed by atoms with E-state index in [4.69, 9.17) is 10.5 Å². The molecule has 1 aromatic carbocycles. The summed E-state index contributed by atoms with van der Waals surface area (Å²) in [5.74, 6) is -0.115. The minimum atomic E-state index is -0.488. The highest BCUT2D eigenvalue weighted by molar-refractivity contribution is 5.85. The third-order valence-corrected chi connectivity index (χ3v) is 4.06. The van der Waals surface area contributed by atoms with Gasteiger partial charge in [-0.15, -0.1) is 12.4 Å². The van der Waals surface area contributed by atoms with Crippen LogP contribution in [0.15, 0.2) is 30.3 Å². The maximum atomic E-state index is 11.8. The van der Waals surface area contributed by atoms with Gasteiger partial charge in [0.05, 0.1) is 24.8 Å². The van der Waals surface area contributed by atoms with E-state index in [2.05, 4.69) is 41.4 Å². The minimum absolute atomic E-state index is 0. The summed E-state index contributed by atoms with van der Waals surface area (Å²) in [5.41, 5.74) is 6.94. The van der Waals surface area contributed by atoms with E-state index < -0.39 is 6.04 Å². The predicted octanol–water partition coefficient (Wildman–Crippen LogP) is 1.55. The molecule has 3 unspecified atom stereocenters. The van der Waals surface area contributed by atoms with Gasteiger partial charge < -0.3 is 15.8 Å². The molecule has 3 atom stereocenters. The number of nitrogens with two attached hydrogens (primary N) is 1. The molecule has 0 radical (unpaired) electrons. The van der Waals surface area contributed by atoms with Crippen molar-refractivity contribution >= 4 is 18.3 Å². The van der Waals surface area contributed by atoms with Crippen molar-refractivity contribution in [3.05, 3.63) is 35.9 Å². The molecule has 1 aromatic rings. The Labute approximate surface area is 145 Å². The normalized spacial score (nSPS) is 21.1. The highest BCUT2D eigenvalue weighted by Gasteiger charge is 2.28. The van der Waals surface area contributed by atoms with Crippen LogP contribution in [0.3, 0.4) is 0 Å². The van der Waals surface area contributed by atoms with E-state index in [1.165, 1.54) is 5.56 Å². The molecule has 1 saturated heterocycles. The Balaban J connectivity index is 0.00000264. The van der Waals surface area contributed by atoms with Gasteiger partial charge in [0, 0.05) is 19.6 Å². The number of halogens is 1. The first kappa shape index (κ1) is 19.9. The molecular formula is C17H28ClN3O2. The second kappa shape index (κ2) is 9.88. The first-order valence-corrected chi connectivity index (χ1v) is 8.04. The zero-order chi connectivity index (χ0) is 15.9. The van der Waals surface area contributed by atoms with Crippen LogP contribution in [0.4, 0.5) is 0 Å². The average molecular weight is 342 g/mol. The fraction of sp³-hybridized carbons (Fsp3) is 0.588. The highest BCUT2D eigenvalue weighted by atomic mass is 35.5. The predicted molar refractivity (Wildman–Crippen MR) is 94.6 cm³/mol. The summed E-state index contributed by atoms with van der Waals surface area (Å²) in [4.78, 5) is 14.2. The molecule has 0 aliphatic carbocycles. The number of morpholine rings is 1. The lowest BCUT2D eigenvalue weighted by Gasteiger charge is -2.37. The SMILES string of the molecule is CCC(NC(=O)C(C)N)C1CN(Cc2ccccc2)CCO1.Cl. The van der Waals surface area contributed by atoms with E-state index in [0.717, 1.165) is 26.1 Å². The minimum Gasteiger partial charge on any atom is -0.373 e. The number of benzene rings is 1. The zero-order valence-corrected chi connectivity index (χ0v) is 14.7. The maximum absolute atomic E-state index is 11.8. The molecule has 23 heavy (non-hydrogen) atoms. The van der Waals surface area contributed by atoms with Gasteiger partial charge in [-0.3, -0.25) is 9.69 Å². The maximum Gasteiger partial charge on any atom is 0.236 e. The molecule has 130 valence electrons. The molecule has 6 heteroatoms. The van der Waals surface area contributed by atoms with Crippen molar-refractivity contribution in [3.8, 4) is 0 Å². The number of hydrogen-bond donors (Lipinski definition) is 2. The molecule has 0 saturated carbocycles. The van der Waals surface area contributed by atoms with Crippen molar-refractivity contribution in [1.82, 2.24) is 10.2 Å². The summed E-state index contributed by atoms with van der Waals surface area (Å²) in [6, 6.07) is 9.95. The van der Waals surface area contributed by atoms with E-state index in [0.29, 0.717) is 6.61 Å². The Morgan fingerprint density at radius 1 is 1.43 bits per heavy atom. The van der Waals surface area contributed by atoms with Crippen LogP contribution in [-0.2, 0) is 16.1 Å². The number of amides is 1. The quantitative estimate of drug-likeness (QED) is 0.824. The molecule has 5 nitrogen and oxygen atoms in total. The molecule has 1 aliphatic rings. The Morgan fingerprint density at radius 3 is 2.74 bits per heavy atom. The fourth-order valence-corrected chi connectivity index (χ4v) is 2.73. The van der Waals surface area contributed by atoms with E-state index in [1.54, 1.807) is 6.92 Å². The van der Waals surface area contributed by atoms with Crippen LogP contribution in [0.1, 0.15) is 25.8 Å². The summed E-state index contributed by atoms with van der Waals surface area (Å²) in [6.45, 7) is 7.12. The average Bonchev–Trinajstić information content (AvgIpc) is 2.53. The van der Waals surface area contributed by atoms with Gasteiger partial charge >= 0.3 is 0 Å². The summed E-state index contributed by atoms with van der Waals surface area (Å²) in [5, 5.41) is 3.00. The molecule has 1 amide bonds. The summed E-state index contributed by atoms with van der Waals surface area (Å²) in [7, 11) is 0. The Bertz CT molecular complexity index is 470. The molecule has 2 rings (SSSR count). The number of nitrogens with one attached hydrogen (secondary N) is 1. The number of carbonyl (C=O) groups is 1. The van der Waals surface area contributed by atoms with E-state index in [1.807, 2.05) is 6.07 Å². The summed E-state index contributed by atoms with van der Waals surface area (Å²) < 4.78 is 5.88. The zero-order valence-electron chi connectivity index (χ0n) is 13.9. The van der Waals surface area contributed by atoms with Crippen molar-refractivity contribution in [2.75, 3.05) is 19.7 Å². The topological polar surface area (TPSA) is 67.6 Å². The van der Waals surface area contributed by atoms with Gasteiger partial charge in [0.25, 0.3) is 0 Å². The van der Waals surface area contributed by atoms with Crippen molar-refractivity contribution in [1.29, 1.82) is 0 Å². The van der Waals surface area contributed by atoms with E-state index >= 15 is 0 Å². The van der Waals surface area contributed by atoms with Crippen molar-refractivity contribution in [2.45, 2.75) is 45.0 Å². The van der Waals surface area contributed by atoms with Crippen LogP contribution in [0.5, 0.6) is 0 Å². The standard InChI is InChI=1S/C17H27N3O2.ClH/c1-3-15(19-17(21)13(2)18)16-12-20(9-10-22-16)11-14-7-5-4-6-8-14;/h4-8,13,15-16H,3,9-12,18H2,1-2H3,(H,19,21);1H. The smallest absolute Gasteiger partial charge is 0.236 e. The van der Waals surface area contributed by atoms with E-state index in [-0.39, 0.29) is 30.5 Å². The van der Waals surface area contributed by atoms with Crippen molar-refractivity contribution in [2.24, 2.45) is 5.73 Å². The first-order chi connectivity index (χ1) is 10.6. The Morgan fingerprint density at radius 2 is 2.13 bits per heavy atom. The monoisotopic (exact) mass is 341 g/mol. The summed E-state index contributed by atoms with van der Waals surface area (Å²) >= 11 is 0. The molecule has 1 fully saturated rings. The second-order valence-corrected chi connectivity index (χ2v) is 5.94. The number of ether oxygens (including phenoxy) is 1. The van der Waals surface area contributed by atoms with Gasteiger partial charge in [0.2, 0.25) is 5.91 Å². The van der Waals surface area contributed by atoms with Crippen LogP contribution in [0, 0.1) is 0 Å². The van der Waals surface area contributed by atoms with Crippen LogP contribution < -0.4 is 11.1 Å². The number of carbonyl (C=O) groups excluding carboxylic acids is 1. The van der Waals surface area contributed by atoms with Gasteiger partial charge in [-0.25, -0.2) is 0 Å². The second-order valence-electron chi connectivity index (χ2n) is 5.94. The van der Waals surface area contributed by atoms with Gasteiger partial charge in [-0.1, -0.05) is 37.3 Å². The van der Waals surface area contributed by atoms with Crippen molar-refractivity contribution < 1.29 is 9.53 Å². The number of hydrogen-bond acceptors (Lipinski definition) is 4. The Kier molecular flexibility index (Phi) is 8.55. The number of rotatable bonds is 6. The van der Waals surface area contributed by atoms with Crippen LogP contribution in [0.25, 0.3) is 0 Å². The molecule has 1 heterocycles. The summed E-state index contributed by atoms with van der Waals surface area (Å²) in [6.07, 6.45) is 0.854. The third-order valence-electron chi connectivity index (χ3n) is 4.06. The third kappa shape index (κ3) is 6.11. The molecular weight excluding hydrogens is 314 g/mol. The van der Waals surface area contributed by atoms with Crippen LogP contribution in [-0.4, -0.2) is 48.7 Å². The highest BCUT2D eigenvalue weighted by Crippen LogP contribution is 2.14. The van der Waals surface area contributed by atoms with E-state index in [9.17, 15) is 4.79 Å². The van der Waals surface area contributed by atoms with Gasteiger partial charge in [-0.05, 0) is 18.9 Å². The molecule has 3 N–H and O–H groups in total. The lowest BCUT2D eigenvalue weighted by atomic mass is 10.1. The molecule has 0 bridgehead atoms. The lowest BCUT2D eigenvalue weighted by molar-refractivity contribution is -0.125. The first-order valence-electron chi connectivity index (χ1n) is 8.04. The van der Waals surface area contributed by atoms with Crippen molar-refractivity contribution in [3.63, 3.8) is 0 Å². The van der Waals surface area contributed by atoms with Crippen LogP contribution in [0.2, 0.25) is 0 Å². The molecule has 0 spiro atoms. The van der Waals surface area contributed by atoms with Gasteiger partial charge in [0.1, 0.15) is 0 Å². The molecule has 0 aromatic heterocycles. The largest absolute Gasteiger partial charge is 0.373 e. The number of nitrogens with zero attached hydrogens (tertiary/aromatic N) is 1. The lowest BCUT2D eigenvalue weighted by Crippen LogP contribution is -2.55. The van der Waals surface area contributed by atoms with Gasteiger partial charge in [0.15, 0.2) is 0 Å².